The zero-order chi connectivity index (χ0) is 11.2. The fraction of sp³-hybridized carbons (Fsp3) is 0.100. The molecule has 0 aliphatic heterocycles. The van der Waals surface area contributed by atoms with E-state index in [2.05, 4.69) is 0 Å². The van der Waals surface area contributed by atoms with E-state index in [0.717, 1.165) is 0 Å². The second-order valence-electron chi connectivity index (χ2n) is 3.24. The molecule has 15 heavy (non-hydrogen) atoms. The summed E-state index contributed by atoms with van der Waals surface area (Å²) >= 11 is 0. The van der Waals surface area contributed by atoms with E-state index in [4.69, 9.17) is 10.2 Å². The molecule has 0 spiro atoms. The van der Waals surface area contributed by atoms with Crippen LogP contribution in [0.1, 0.15) is 5.56 Å². The summed E-state index contributed by atoms with van der Waals surface area (Å²) in [6.45, 7) is 1.58. The third kappa shape index (κ3) is 1.20. The first kappa shape index (κ1) is 9.39. The molecule has 0 aliphatic rings. The van der Waals surface area contributed by atoms with Crippen molar-refractivity contribution >= 4 is 16.7 Å². The minimum atomic E-state index is -0.811. The van der Waals surface area contributed by atoms with Crippen molar-refractivity contribution in [2.75, 3.05) is 5.73 Å². The van der Waals surface area contributed by atoms with Gasteiger partial charge in [0.1, 0.15) is 11.3 Å². The number of aryl methyl sites for hydroxylation is 1. The number of hydrogen-bond acceptors (Lipinski definition) is 5. The van der Waals surface area contributed by atoms with Gasteiger partial charge < -0.3 is 20.4 Å². The Hall–Kier alpha value is -2.17. The van der Waals surface area contributed by atoms with Crippen LogP contribution < -0.4 is 11.4 Å². The normalized spacial score (nSPS) is 10.7. The number of aromatic hydroxyl groups is 2. The molecule has 0 unspecified atom stereocenters. The maximum Gasteiger partial charge on any atom is 0.363 e. The van der Waals surface area contributed by atoms with E-state index in [-0.39, 0.29) is 22.8 Å². The molecular formula is C10H9NO4. The van der Waals surface area contributed by atoms with Crippen molar-refractivity contribution in [3.8, 4) is 11.5 Å². The zero-order valence-corrected chi connectivity index (χ0v) is 7.94. The van der Waals surface area contributed by atoms with Crippen molar-refractivity contribution in [1.82, 2.24) is 0 Å². The Bertz CT molecular complexity index is 600. The lowest BCUT2D eigenvalue weighted by molar-refractivity contribution is 0.462. The lowest BCUT2D eigenvalue weighted by Gasteiger charge is -2.05. The summed E-state index contributed by atoms with van der Waals surface area (Å²) in [6, 6.07) is 2.84. The van der Waals surface area contributed by atoms with Gasteiger partial charge in [-0.25, -0.2) is 4.79 Å². The lowest BCUT2D eigenvalue weighted by atomic mass is 10.1. The maximum absolute atomic E-state index is 11.2. The SMILES string of the molecule is Cc1c(O)ccc2c(O)c(N)c(=O)oc12. The van der Waals surface area contributed by atoms with Crippen molar-refractivity contribution in [1.29, 1.82) is 0 Å². The second-order valence-corrected chi connectivity index (χ2v) is 3.24. The van der Waals surface area contributed by atoms with Crippen LogP contribution in [0, 0.1) is 6.92 Å². The Labute approximate surface area is 84.4 Å². The molecule has 2 rings (SSSR count). The average Bonchev–Trinajstić information content (AvgIpc) is 2.21. The summed E-state index contributed by atoms with van der Waals surface area (Å²) in [5, 5.41) is 19.3. The van der Waals surface area contributed by atoms with Crippen molar-refractivity contribution in [2.24, 2.45) is 0 Å². The number of nitrogen functional groups attached to an aromatic ring is 1. The highest BCUT2D eigenvalue weighted by Gasteiger charge is 2.13. The molecule has 0 aliphatic carbocycles. The Balaban J connectivity index is 3.05. The zero-order valence-electron chi connectivity index (χ0n) is 7.94. The minimum Gasteiger partial charge on any atom is -0.508 e. The van der Waals surface area contributed by atoms with E-state index < -0.39 is 5.63 Å². The van der Waals surface area contributed by atoms with Crippen LogP contribution in [-0.2, 0) is 0 Å². The molecule has 5 heteroatoms. The number of phenols is 1. The molecule has 2 aromatic rings. The molecule has 4 N–H and O–H groups in total. The van der Waals surface area contributed by atoms with Crippen LogP contribution in [0.15, 0.2) is 21.3 Å². The molecule has 78 valence electrons. The molecule has 0 amide bonds. The Morgan fingerprint density at radius 3 is 2.67 bits per heavy atom. The molecule has 0 atom stereocenters. The Morgan fingerprint density at radius 1 is 1.33 bits per heavy atom. The summed E-state index contributed by atoms with van der Waals surface area (Å²) in [5.74, 6) is -0.320. The number of fused-ring (bicyclic) bond motifs is 1. The predicted molar refractivity (Wildman–Crippen MR) is 55.0 cm³/mol. The molecule has 1 heterocycles. The predicted octanol–water partition coefficient (Wildman–Crippen LogP) is 1.09. The monoisotopic (exact) mass is 207 g/mol. The fourth-order valence-electron chi connectivity index (χ4n) is 1.39. The highest BCUT2D eigenvalue weighted by molar-refractivity contribution is 5.90. The number of benzene rings is 1. The maximum atomic E-state index is 11.2. The third-order valence-electron chi connectivity index (χ3n) is 2.30. The highest BCUT2D eigenvalue weighted by Crippen LogP contribution is 2.32. The van der Waals surface area contributed by atoms with E-state index in [9.17, 15) is 15.0 Å². The van der Waals surface area contributed by atoms with Gasteiger partial charge in [-0.1, -0.05) is 0 Å². The van der Waals surface area contributed by atoms with Gasteiger partial charge in [-0.05, 0) is 19.1 Å². The molecule has 0 fully saturated rings. The van der Waals surface area contributed by atoms with E-state index >= 15 is 0 Å². The molecule has 1 aromatic carbocycles. The second kappa shape index (κ2) is 2.91. The number of nitrogens with two attached hydrogens (primary N) is 1. The fourth-order valence-corrected chi connectivity index (χ4v) is 1.39. The van der Waals surface area contributed by atoms with Crippen LogP contribution in [0.5, 0.6) is 11.5 Å². The first-order chi connectivity index (χ1) is 7.02. The first-order valence-corrected chi connectivity index (χ1v) is 4.26. The molecule has 0 saturated carbocycles. The molecule has 0 radical (unpaired) electrons. The van der Waals surface area contributed by atoms with Gasteiger partial charge in [-0.15, -0.1) is 0 Å². The Kier molecular flexibility index (Phi) is 1.82. The topological polar surface area (TPSA) is 96.7 Å². The highest BCUT2D eigenvalue weighted by atomic mass is 16.4. The largest absolute Gasteiger partial charge is 0.508 e. The summed E-state index contributed by atoms with van der Waals surface area (Å²) in [6.07, 6.45) is 0. The molecule has 1 aromatic heterocycles. The summed E-state index contributed by atoms with van der Waals surface area (Å²) in [5.41, 5.74) is 4.71. The Morgan fingerprint density at radius 2 is 2.00 bits per heavy atom. The summed E-state index contributed by atoms with van der Waals surface area (Å²) < 4.78 is 4.88. The molecular weight excluding hydrogens is 198 g/mol. The van der Waals surface area contributed by atoms with E-state index in [1.807, 2.05) is 0 Å². The third-order valence-corrected chi connectivity index (χ3v) is 2.30. The lowest BCUT2D eigenvalue weighted by Crippen LogP contribution is -2.06. The summed E-state index contributed by atoms with van der Waals surface area (Å²) in [7, 11) is 0. The van der Waals surface area contributed by atoms with E-state index in [1.54, 1.807) is 6.92 Å². The van der Waals surface area contributed by atoms with Gasteiger partial charge in [-0.3, -0.25) is 0 Å². The molecule has 0 saturated heterocycles. The summed E-state index contributed by atoms with van der Waals surface area (Å²) in [4.78, 5) is 11.2. The van der Waals surface area contributed by atoms with Crippen LogP contribution in [0.3, 0.4) is 0 Å². The van der Waals surface area contributed by atoms with Crippen LogP contribution >= 0.6 is 0 Å². The van der Waals surface area contributed by atoms with Gasteiger partial charge in [0, 0.05) is 5.56 Å². The van der Waals surface area contributed by atoms with Crippen LogP contribution in [-0.4, -0.2) is 10.2 Å². The van der Waals surface area contributed by atoms with Gasteiger partial charge >= 0.3 is 5.63 Å². The van der Waals surface area contributed by atoms with Crippen molar-refractivity contribution < 1.29 is 14.6 Å². The van der Waals surface area contributed by atoms with Gasteiger partial charge in [0.15, 0.2) is 11.4 Å². The van der Waals surface area contributed by atoms with Gasteiger partial charge in [0.25, 0.3) is 0 Å². The van der Waals surface area contributed by atoms with E-state index in [0.29, 0.717) is 10.9 Å². The quantitative estimate of drug-likeness (QED) is 0.562. The number of rotatable bonds is 0. The van der Waals surface area contributed by atoms with E-state index in [1.165, 1.54) is 12.1 Å². The minimum absolute atomic E-state index is 0.00479. The number of hydrogen-bond donors (Lipinski definition) is 3. The van der Waals surface area contributed by atoms with Crippen LogP contribution in [0.25, 0.3) is 11.0 Å². The smallest absolute Gasteiger partial charge is 0.363 e. The van der Waals surface area contributed by atoms with Crippen molar-refractivity contribution in [3.63, 3.8) is 0 Å². The standard InChI is InChI=1S/C10H9NO4/c1-4-6(12)3-2-5-8(13)7(11)10(14)15-9(4)5/h2-3,12-13H,11H2,1H3. The van der Waals surface area contributed by atoms with Gasteiger partial charge in [0.2, 0.25) is 0 Å². The van der Waals surface area contributed by atoms with Crippen LogP contribution in [0.4, 0.5) is 5.69 Å². The first-order valence-electron chi connectivity index (χ1n) is 4.26. The average molecular weight is 207 g/mol. The number of anilines is 1. The van der Waals surface area contributed by atoms with Crippen molar-refractivity contribution in [3.05, 3.63) is 28.1 Å². The molecule has 0 bridgehead atoms. The van der Waals surface area contributed by atoms with Gasteiger partial charge in [-0.2, -0.15) is 0 Å². The van der Waals surface area contributed by atoms with Gasteiger partial charge in [0.05, 0.1) is 5.39 Å². The van der Waals surface area contributed by atoms with Crippen molar-refractivity contribution in [2.45, 2.75) is 6.92 Å². The molecule has 5 nitrogen and oxygen atoms in total. The number of phenolic OH excluding ortho intramolecular Hbond substituents is 1. The van der Waals surface area contributed by atoms with Crippen LogP contribution in [0.2, 0.25) is 0 Å².